The lowest BCUT2D eigenvalue weighted by Gasteiger charge is -2.15. The summed E-state index contributed by atoms with van der Waals surface area (Å²) in [4.78, 5) is 15.8. The number of thiazole rings is 1. The summed E-state index contributed by atoms with van der Waals surface area (Å²) in [5, 5.41) is 3.14. The van der Waals surface area contributed by atoms with Gasteiger partial charge < -0.3 is 5.32 Å². The standard InChI is InChI=1S/C12H13FN2OS/c1-12(2,3)10(16)15-11-14-9-7(13)5-4-6-8(9)17-11/h4-6H,1-3H3,(H,14,15,16). The van der Waals surface area contributed by atoms with Crippen LogP contribution in [-0.2, 0) is 4.79 Å². The maximum absolute atomic E-state index is 13.4. The average Bonchev–Trinajstić information content (AvgIpc) is 2.60. The molecule has 1 N–H and O–H groups in total. The van der Waals surface area contributed by atoms with Crippen LogP contribution in [0.1, 0.15) is 20.8 Å². The highest BCUT2D eigenvalue weighted by Gasteiger charge is 2.22. The van der Waals surface area contributed by atoms with Crippen LogP contribution in [0.2, 0.25) is 0 Å². The van der Waals surface area contributed by atoms with Crippen molar-refractivity contribution in [3.63, 3.8) is 0 Å². The highest BCUT2D eigenvalue weighted by atomic mass is 32.1. The smallest absolute Gasteiger partial charge is 0.231 e. The van der Waals surface area contributed by atoms with E-state index in [0.29, 0.717) is 10.6 Å². The van der Waals surface area contributed by atoms with E-state index >= 15 is 0 Å². The molecule has 3 nitrogen and oxygen atoms in total. The van der Waals surface area contributed by atoms with Crippen molar-refractivity contribution in [1.82, 2.24) is 4.98 Å². The van der Waals surface area contributed by atoms with Gasteiger partial charge in [0.05, 0.1) is 4.70 Å². The van der Waals surface area contributed by atoms with Gasteiger partial charge in [-0.15, -0.1) is 0 Å². The third kappa shape index (κ3) is 2.44. The summed E-state index contributed by atoms with van der Waals surface area (Å²) in [6, 6.07) is 4.77. The summed E-state index contributed by atoms with van der Waals surface area (Å²) in [6.45, 7) is 5.45. The van der Waals surface area contributed by atoms with E-state index in [-0.39, 0.29) is 11.7 Å². The molecular weight excluding hydrogens is 239 g/mol. The molecule has 2 aromatic rings. The van der Waals surface area contributed by atoms with Crippen molar-refractivity contribution in [2.24, 2.45) is 5.41 Å². The molecule has 0 spiro atoms. The number of carbonyl (C=O) groups is 1. The molecule has 0 saturated carbocycles. The topological polar surface area (TPSA) is 42.0 Å². The second-order valence-corrected chi connectivity index (χ2v) is 5.84. The predicted octanol–water partition coefficient (Wildman–Crippen LogP) is 3.42. The molecule has 17 heavy (non-hydrogen) atoms. The van der Waals surface area contributed by atoms with E-state index in [4.69, 9.17) is 0 Å². The molecular formula is C12H13FN2OS. The molecule has 0 atom stereocenters. The Bertz CT molecular complexity index is 571. The quantitative estimate of drug-likeness (QED) is 0.845. The fourth-order valence-corrected chi connectivity index (χ4v) is 2.13. The Hall–Kier alpha value is -1.49. The fourth-order valence-electron chi connectivity index (χ4n) is 1.25. The fraction of sp³-hybridized carbons (Fsp3) is 0.333. The maximum atomic E-state index is 13.4. The zero-order chi connectivity index (χ0) is 12.6. The summed E-state index contributed by atoms with van der Waals surface area (Å²) in [7, 11) is 0. The number of nitrogens with one attached hydrogen (secondary N) is 1. The van der Waals surface area contributed by atoms with E-state index in [1.54, 1.807) is 12.1 Å². The minimum absolute atomic E-state index is 0.128. The van der Waals surface area contributed by atoms with Crippen molar-refractivity contribution in [2.75, 3.05) is 5.32 Å². The first-order valence-electron chi connectivity index (χ1n) is 5.24. The molecule has 0 radical (unpaired) electrons. The summed E-state index contributed by atoms with van der Waals surface area (Å²) >= 11 is 1.27. The summed E-state index contributed by atoms with van der Waals surface area (Å²) in [5.74, 6) is -0.494. The lowest BCUT2D eigenvalue weighted by molar-refractivity contribution is -0.123. The zero-order valence-electron chi connectivity index (χ0n) is 9.87. The van der Waals surface area contributed by atoms with Gasteiger partial charge in [-0.2, -0.15) is 0 Å². The number of para-hydroxylation sites is 1. The highest BCUT2D eigenvalue weighted by Crippen LogP contribution is 2.28. The molecule has 0 saturated heterocycles. The number of anilines is 1. The molecule has 0 aliphatic heterocycles. The first kappa shape index (κ1) is 12.0. The zero-order valence-corrected chi connectivity index (χ0v) is 10.7. The van der Waals surface area contributed by atoms with Gasteiger partial charge in [0.1, 0.15) is 11.3 Å². The van der Waals surface area contributed by atoms with Gasteiger partial charge in [-0.1, -0.05) is 38.2 Å². The summed E-state index contributed by atoms with van der Waals surface area (Å²) in [5.41, 5.74) is -0.183. The van der Waals surface area contributed by atoms with Crippen LogP contribution in [0.3, 0.4) is 0 Å². The van der Waals surface area contributed by atoms with Crippen molar-refractivity contribution in [1.29, 1.82) is 0 Å². The molecule has 1 aromatic carbocycles. The molecule has 0 bridgehead atoms. The number of amides is 1. The van der Waals surface area contributed by atoms with Crippen molar-refractivity contribution < 1.29 is 9.18 Å². The molecule has 0 fully saturated rings. The predicted molar refractivity (Wildman–Crippen MR) is 67.7 cm³/mol. The van der Waals surface area contributed by atoms with E-state index < -0.39 is 5.41 Å². The lowest BCUT2D eigenvalue weighted by atomic mass is 9.96. The molecule has 5 heteroatoms. The van der Waals surface area contributed by atoms with Crippen LogP contribution >= 0.6 is 11.3 Å². The Labute approximate surface area is 103 Å². The van der Waals surface area contributed by atoms with E-state index in [2.05, 4.69) is 10.3 Å². The monoisotopic (exact) mass is 252 g/mol. The number of hydrogen-bond acceptors (Lipinski definition) is 3. The van der Waals surface area contributed by atoms with Gasteiger partial charge in [0.2, 0.25) is 5.91 Å². The Morgan fingerprint density at radius 1 is 1.41 bits per heavy atom. The first-order valence-corrected chi connectivity index (χ1v) is 6.06. The second-order valence-electron chi connectivity index (χ2n) is 4.81. The number of carbonyl (C=O) groups excluding carboxylic acids is 1. The van der Waals surface area contributed by atoms with E-state index in [0.717, 1.165) is 4.70 Å². The minimum atomic E-state index is -0.490. The van der Waals surface area contributed by atoms with E-state index in [1.165, 1.54) is 17.4 Å². The second kappa shape index (κ2) is 4.07. The van der Waals surface area contributed by atoms with Crippen LogP contribution in [0.15, 0.2) is 18.2 Å². The van der Waals surface area contributed by atoms with Crippen molar-refractivity contribution in [3.05, 3.63) is 24.0 Å². The van der Waals surface area contributed by atoms with Crippen LogP contribution in [-0.4, -0.2) is 10.9 Å². The van der Waals surface area contributed by atoms with Crippen molar-refractivity contribution in [2.45, 2.75) is 20.8 Å². The Kier molecular flexibility index (Phi) is 2.87. The molecule has 0 aliphatic rings. The van der Waals surface area contributed by atoms with Gasteiger partial charge >= 0.3 is 0 Å². The van der Waals surface area contributed by atoms with Gasteiger partial charge in [-0.25, -0.2) is 9.37 Å². The molecule has 1 heterocycles. The molecule has 90 valence electrons. The molecule has 1 amide bonds. The number of nitrogens with zero attached hydrogens (tertiary/aromatic N) is 1. The van der Waals surface area contributed by atoms with Crippen LogP contribution in [0.5, 0.6) is 0 Å². The van der Waals surface area contributed by atoms with Gasteiger partial charge in [-0.3, -0.25) is 4.79 Å². The average molecular weight is 252 g/mol. The van der Waals surface area contributed by atoms with Crippen LogP contribution in [0.25, 0.3) is 10.2 Å². The lowest BCUT2D eigenvalue weighted by Crippen LogP contribution is -2.27. The van der Waals surface area contributed by atoms with Gasteiger partial charge in [0.25, 0.3) is 0 Å². The number of fused-ring (bicyclic) bond motifs is 1. The molecule has 0 aliphatic carbocycles. The molecule has 1 aromatic heterocycles. The SMILES string of the molecule is CC(C)(C)C(=O)Nc1nc2c(F)cccc2s1. The van der Waals surface area contributed by atoms with Crippen LogP contribution in [0, 0.1) is 11.2 Å². The normalized spacial score (nSPS) is 11.8. The van der Waals surface area contributed by atoms with E-state index in [1.807, 2.05) is 20.8 Å². The van der Waals surface area contributed by atoms with Gasteiger partial charge in [-0.05, 0) is 12.1 Å². The van der Waals surface area contributed by atoms with Crippen molar-refractivity contribution >= 4 is 32.6 Å². The van der Waals surface area contributed by atoms with Gasteiger partial charge in [0.15, 0.2) is 5.13 Å². The molecule has 0 unspecified atom stereocenters. The summed E-state index contributed by atoms with van der Waals surface area (Å²) < 4.78 is 14.1. The Morgan fingerprint density at radius 2 is 2.12 bits per heavy atom. The number of rotatable bonds is 1. The maximum Gasteiger partial charge on any atom is 0.231 e. The summed E-state index contributed by atoms with van der Waals surface area (Å²) in [6.07, 6.45) is 0. The Balaban J connectivity index is 2.32. The van der Waals surface area contributed by atoms with Crippen LogP contribution in [0.4, 0.5) is 9.52 Å². The minimum Gasteiger partial charge on any atom is -0.301 e. The number of aromatic nitrogens is 1. The third-order valence-electron chi connectivity index (χ3n) is 2.27. The van der Waals surface area contributed by atoms with E-state index in [9.17, 15) is 9.18 Å². The van der Waals surface area contributed by atoms with Gasteiger partial charge in [0, 0.05) is 5.41 Å². The number of halogens is 1. The number of hydrogen-bond donors (Lipinski definition) is 1. The first-order chi connectivity index (χ1) is 7.88. The van der Waals surface area contributed by atoms with Crippen LogP contribution < -0.4 is 5.32 Å². The largest absolute Gasteiger partial charge is 0.301 e. The third-order valence-corrected chi connectivity index (χ3v) is 3.21. The van der Waals surface area contributed by atoms with Crippen molar-refractivity contribution in [3.8, 4) is 0 Å². The number of benzene rings is 1. The Morgan fingerprint density at radius 3 is 2.71 bits per heavy atom. The highest BCUT2D eigenvalue weighted by molar-refractivity contribution is 7.22. The molecule has 2 rings (SSSR count).